The van der Waals surface area contributed by atoms with E-state index in [1.54, 1.807) is 13.2 Å². The molecule has 7 heteroatoms. The van der Waals surface area contributed by atoms with Crippen molar-refractivity contribution in [2.24, 2.45) is 10.9 Å². The van der Waals surface area contributed by atoms with E-state index >= 15 is 0 Å². The van der Waals surface area contributed by atoms with Crippen LogP contribution in [0.1, 0.15) is 45.1 Å². The minimum atomic E-state index is 0.130. The Morgan fingerprint density at radius 3 is 2.81 bits per heavy atom. The van der Waals surface area contributed by atoms with Gasteiger partial charge in [-0.1, -0.05) is 13.0 Å². The van der Waals surface area contributed by atoms with E-state index in [9.17, 15) is 4.79 Å². The lowest BCUT2D eigenvalue weighted by atomic mass is 9.93. The number of rotatable bonds is 8. The van der Waals surface area contributed by atoms with Crippen LogP contribution in [0, 0.1) is 5.92 Å². The number of piperidine rings is 1. The van der Waals surface area contributed by atoms with E-state index in [1.807, 2.05) is 12.1 Å². The highest BCUT2D eigenvalue weighted by Crippen LogP contribution is 2.21. The zero-order valence-corrected chi connectivity index (χ0v) is 16.8. The molecule has 0 unspecified atom stereocenters. The second kappa shape index (κ2) is 11.4. The first-order chi connectivity index (χ1) is 13.2. The molecule has 1 aliphatic rings. The van der Waals surface area contributed by atoms with Gasteiger partial charge >= 0.3 is 0 Å². The maximum Gasteiger partial charge on any atom is 0.220 e. The minimum Gasteiger partial charge on any atom is -0.477 e. The molecule has 2 heterocycles. The quantitative estimate of drug-likeness (QED) is 0.538. The molecule has 0 bridgehead atoms. The smallest absolute Gasteiger partial charge is 0.220 e. The first-order valence-electron chi connectivity index (χ1n) is 9.98. The molecule has 1 fully saturated rings. The zero-order valence-electron chi connectivity index (χ0n) is 16.8. The maximum atomic E-state index is 11.6. The summed E-state index contributed by atoms with van der Waals surface area (Å²) in [6.07, 6.45) is 5.34. The molecule has 1 aromatic rings. The van der Waals surface area contributed by atoms with Crippen molar-refractivity contribution < 1.29 is 9.53 Å². The summed E-state index contributed by atoms with van der Waals surface area (Å²) in [7, 11) is 1.70. The maximum absolute atomic E-state index is 11.6. The van der Waals surface area contributed by atoms with Gasteiger partial charge in [-0.2, -0.15) is 0 Å². The third-order valence-electron chi connectivity index (χ3n) is 4.69. The van der Waals surface area contributed by atoms with E-state index in [-0.39, 0.29) is 5.91 Å². The van der Waals surface area contributed by atoms with Crippen LogP contribution >= 0.6 is 0 Å². The van der Waals surface area contributed by atoms with Gasteiger partial charge < -0.3 is 20.3 Å². The summed E-state index contributed by atoms with van der Waals surface area (Å²) in [5.41, 5.74) is 0.996. The van der Waals surface area contributed by atoms with Gasteiger partial charge in [0.15, 0.2) is 5.96 Å². The van der Waals surface area contributed by atoms with Crippen LogP contribution in [-0.4, -0.2) is 55.0 Å². The highest BCUT2D eigenvalue weighted by Gasteiger charge is 2.23. The Bertz CT molecular complexity index is 612. The molecule has 1 amide bonds. The van der Waals surface area contributed by atoms with Gasteiger partial charge in [0.05, 0.1) is 13.2 Å². The van der Waals surface area contributed by atoms with E-state index in [2.05, 4.69) is 34.4 Å². The molecule has 27 heavy (non-hydrogen) atoms. The van der Waals surface area contributed by atoms with Crippen molar-refractivity contribution in [1.29, 1.82) is 0 Å². The highest BCUT2D eigenvalue weighted by molar-refractivity contribution is 5.80. The lowest BCUT2D eigenvalue weighted by molar-refractivity contribution is -0.121. The van der Waals surface area contributed by atoms with E-state index in [1.165, 1.54) is 0 Å². The van der Waals surface area contributed by atoms with E-state index < -0.39 is 0 Å². The number of carbonyl (C=O) groups is 1. The Labute approximate surface area is 162 Å². The van der Waals surface area contributed by atoms with Crippen LogP contribution in [0.3, 0.4) is 0 Å². The Balaban J connectivity index is 1.98. The standard InChI is InChI=1S/C20H33N5O2/c1-4-13-27-19-17(7-6-10-23-19)15-24-20(22-5-2)25-11-8-16(9-12-25)14-18(26)21-3/h6-7,10,16H,4-5,8-9,11-15H2,1-3H3,(H,21,26)(H,22,24). The van der Waals surface area contributed by atoms with Crippen LogP contribution in [-0.2, 0) is 11.3 Å². The van der Waals surface area contributed by atoms with Crippen molar-refractivity contribution in [1.82, 2.24) is 20.5 Å². The molecule has 0 spiro atoms. The predicted octanol–water partition coefficient (Wildman–Crippen LogP) is 2.18. The second-order valence-electron chi connectivity index (χ2n) is 6.79. The molecule has 7 nitrogen and oxygen atoms in total. The van der Waals surface area contributed by atoms with E-state index in [4.69, 9.17) is 9.73 Å². The van der Waals surface area contributed by atoms with Crippen LogP contribution in [0.2, 0.25) is 0 Å². The fraction of sp³-hybridized carbons (Fsp3) is 0.650. The molecule has 0 atom stereocenters. The first kappa shape index (κ1) is 21.0. The van der Waals surface area contributed by atoms with Crippen molar-refractivity contribution in [3.05, 3.63) is 23.9 Å². The third-order valence-corrected chi connectivity index (χ3v) is 4.69. The summed E-state index contributed by atoms with van der Waals surface area (Å²) in [5.74, 6) is 2.17. The van der Waals surface area contributed by atoms with Gasteiger partial charge in [-0.15, -0.1) is 0 Å². The van der Waals surface area contributed by atoms with Crippen LogP contribution < -0.4 is 15.4 Å². The number of hydrogen-bond donors (Lipinski definition) is 2. The number of amides is 1. The molecular formula is C20H33N5O2. The molecule has 150 valence electrons. The molecule has 2 rings (SSSR count). The Kier molecular flexibility index (Phi) is 8.87. The summed E-state index contributed by atoms with van der Waals surface area (Å²) in [6, 6.07) is 3.93. The van der Waals surface area contributed by atoms with Crippen molar-refractivity contribution >= 4 is 11.9 Å². The summed E-state index contributed by atoms with van der Waals surface area (Å²) >= 11 is 0. The van der Waals surface area contributed by atoms with Crippen LogP contribution in [0.5, 0.6) is 5.88 Å². The van der Waals surface area contributed by atoms with Crippen LogP contribution in [0.15, 0.2) is 23.3 Å². The fourth-order valence-electron chi connectivity index (χ4n) is 3.17. The Morgan fingerprint density at radius 2 is 2.15 bits per heavy atom. The zero-order chi connectivity index (χ0) is 19.5. The third kappa shape index (κ3) is 6.73. The van der Waals surface area contributed by atoms with Crippen LogP contribution in [0.25, 0.3) is 0 Å². The Hall–Kier alpha value is -2.31. The summed E-state index contributed by atoms with van der Waals surface area (Å²) in [5, 5.41) is 6.11. The van der Waals surface area contributed by atoms with E-state index in [0.717, 1.165) is 50.4 Å². The lowest BCUT2D eigenvalue weighted by Crippen LogP contribution is -2.46. The van der Waals surface area contributed by atoms with Crippen molar-refractivity contribution in [3.63, 3.8) is 0 Å². The lowest BCUT2D eigenvalue weighted by Gasteiger charge is -2.34. The van der Waals surface area contributed by atoms with Gasteiger partial charge in [0.2, 0.25) is 11.8 Å². The Morgan fingerprint density at radius 1 is 1.37 bits per heavy atom. The SMILES string of the molecule is CCCOc1ncccc1CN=C(NCC)N1CCC(CC(=O)NC)CC1. The number of aromatic nitrogens is 1. The van der Waals surface area contributed by atoms with Gasteiger partial charge in [0.1, 0.15) is 0 Å². The molecule has 0 aliphatic carbocycles. The monoisotopic (exact) mass is 375 g/mol. The number of guanidine groups is 1. The van der Waals surface area contributed by atoms with Crippen molar-refractivity contribution in [2.75, 3.05) is 33.3 Å². The summed E-state index contributed by atoms with van der Waals surface area (Å²) in [6.45, 7) is 8.01. The number of ether oxygens (including phenoxy) is 1. The van der Waals surface area contributed by atoms with Crippen molar-refractivity contribution in [2.45, 2.75) is 46.1 Å². The fourth-order valence-corrected chi connectivity index (χ4v) is 3.17. The number of pyridine rings is 1. The van der Waals surface area contributed by atoms with E-state index in [0.29, 0.717) is 31.4 Å². The van der Waals surface area contributed by atoms with Crippen LogP contribution in [0.4, 0.5) is 0 Å². The van der Waals surface area contributed by atoms with Gasteiger partial charge in [-0.25, -0.2) is 9.98 Å². The normalized spacial score (nSPS) is 15.5. The molecule has 2 N–H and O–H groups in total. The number of likely N-dealkylation sites (tertiary alicyclic amines) is 1. The molecule has 0 saturated carbocycles. The number of carbonyl (C=O) groups excluding carboxylic acids is 1. The number of nitrogens with zero attached hydrogens (tertiary/aromatic N) is 3. The average Bonchev–Trinajstić information content (AvgIpc) is 2.70. The van der Waals surface area contributed by atoms with Gasteiger partial charge in [0, 0.05) is 44.9 Å². The van der Waals surface area contributed by atoms with Crippen molar-refractivity contribution in [3.8, 4) is 5.88 Å². The second-order valence-corrected chi connectivity index (χ2v) is 6.79. The van der Waals surface area contributed by atoms with Gasteiger partial charge in [0.25, 0.3) is 0 Å². The summed E-state index contributed by atoms with van der Waals surface area (Å²) in [4.78, 5) is 23.0. The highest BCUT2D eigenvalue weighted by atomic mass is 16.5. The largest absolute Gasteiger partial charge is 0.477 e. The topological polar surface area (TPSA) is 78.9 Å². The summed E-state index contributed by atoms with van der Waals surface area (Å²) < 4.78 is 5.73. The number of hydrogen-bond acceptors (Lipinski definition) is 4. The van der Waals surface area contributed by atoms with Gasteiger partial charge in [-0.05, 0) is 38.2 Å². The predicted molar refractivity (Wildman–Crippen MR) is 108 cm³/mol. The molecule has 1 aliphatic heterocycles. The molecule has 0 aromatic carbocycles. The first-order valence-corrected chi connectivity index (χ1v) is 9.98. The molecule has 1 saturated heterocycles. The molecule has 0 radical (unpaired) electrons. The van der Waals surface area contributed by atoms with Gasteiger partial charge in [-0.3, -0.25) is 4.79 Å². The number of nitrogens with one attached hydrogen (secondary N) is 2. The minimum absolute atomic E-state index is 0.130. The molecule has 1 aromatic heterocycles. The average molecular weight is 376 g/mol. The molecular weight excluding hydrogens is 342 g/mol. The number of aliphatic imine (C=N–C) groups is 1.